The number of phenols is 1. The molecule has 4 rings (SSSR count). The Bertz CT molecular complexity index is 1050. The minimum Gasteiger partial charge on any atom is -0.508 e. The number of aromatic nitrogens is 1. The Morgan fingerprint density at radius 2 is 1.88 bits per heavy atom. The van der Waals surface area contributed by atoms with Gasteiger partial charge in [-0.1, -0.05) is 0 Å². The van der Waals surface area contributed by atoms with Gasteiger partial charge in [-0.3, -0.25) is 14.6 Å². The summed E-state index contributed by atoms with van der Waals surface area (Å²) in [4.78, 5) is 21.0. The highest BCUT2D eigenvalue weighted by molar-refractivity contribution is 7.18. The number of β-amino-alcohol motifs (C(OH)–C–C–N with tert-alkyl or cyclic N) is 1. The fraction of sp³-hybridized carbons (Fsp3) is 0.391. The van der Waals surface area contributed by atoms with Crippen molar-refractivity contribution in [2.45, 2.75) is 13.0 Å². The minimum atomic E-state index is -0.591. The smallest absolute Gasteiger partial charge is 0.238 e. The average Bonchev–Trinajstić information content (AvgIpc) is 3.14. The van der Waals surface area contributed by atoms with Crippen LogP contribution in [0, 0.1) is 6.92 Å². The lowest BCUT2D eigenvalue weighted by atomic mass is 10.2. The molecule has 0 saturated carbocycles. The van der Waals surface area contributed by atoms with Crippen LogP contribution in [0.5, 0.6) is 11.5 Å². The normalized spacial score (nSPS) is 16.2. The summed E-state index contributed by atoms with van der Waals surface area (Å²) < 4.78 is 6.90. The molecule has 3 aromatic rings. The molecular formula is C23H28N4O4S. The molecular weight excluding hydrogens is 428 g/mol. The van der Waals surface area contributed by atoms with E-state index in [2.05, 4.69) is 20.1 Å². The van der Waals surface area contributed by atoms with Crippen LogP contribution >= 0.6 is 11.3 Å². The molecule has 0 bridgehead atoms. The standard InChI is InChI=1S/C23H28N4O4S/c1-16-24-21-12-20(6-7-22(21)32-16)31-15-19(29)13-26-8-10-27(11-9-26)14-23(30)25-17-2-4-18(28)5-3-17/h2-7,12,19,28-29H,8-11,13-15H2,1H3,(H,25,30). The van der Waals surface area contributed by atoms with Gasteiger partial charge in [-0.15, -0.1) is 11.3 Å². The Morgan fingerprint density at radius 3 is 2.62 bits per heavy atom. The minimum absolute atomic E-state index is 0.0788. The van der Waals surface area contributed by atoms with Crippen molar-refractivity contribution in [1.82, 2.24) is 14.8 Å². The molecule has 32 heavy (non-hydrogen) atoms. The van der Waals surface area contributed by atoms with Gasteiger partial charge >= 0.3 is 0 Å². The van der Waals surface area contributed by atoms with Crippen LogP contribution in [0.15, 0.2) is 42.5 Å². The van der Waals surface area contributed by atoms with Crippen LogP contribution in [0.4, 0.5) is 5.69 Å². The Kier molecular flexibility index (Phi) is 7.21. The summed E-state index contributed by atoms with van der Waals surface area (Å²) in [6.07, 6.45) is -0.591. The second-order valence-electron chi connectivity index (χ2n) is 8.00. The number of aromatic hydroxyl groups is 1. The molecule has 1 atom stereocenters. The van der Waals surface area contributed by atoms with E-state index in [1.807, 2.05) is 25.1 Å². The number of ether oxygens (including phenoxy) is 1. The largest absolute Gasteiger partial charge is 0.508 e. The predicted octanol–water partition coefficient (Wildman–Crippen LogP) is 2.31. The quantitative estimate of drug-likeness (QED) is 0.448. The number of carbonyl (C=O) groups excluding carboxylic acids is 1. The van der Waals surface area contributed by atoms with Crippen molar-refractivity contribution in [3.8, 4) is 11.5 Å². The van der Waals surface area contributed by atoms with E-state index in [0.29, 0.717) is 24.5 Å². The van der Waals surface area contributed by atoms with Crippen LogP contribution in [-0.4, -0.2) is 82.9 Å². The number of thiazole rings is 1. The van der Waals surface area contributed by atoms with E-state index in [9.17, 15) is 15.0 Å². The molecule has 3 N–H and O–H groups in total. The molecule has 8 nitrogen and oxygen atoms in total. The number of piperazine rings is 1. The first-order valence-corrected chi connectivity index (χ1v) is 11.5. The van der Waals surface area contributed by atoms with Crippen LogP contribution in [-0.2, 0) is 4.79 Å². The first-order chi connectivity index (χ1) is 15.4. The maximum Gasteiger partial charge on any atom is 0.238 e. The van der Waals surface area contributed by atoms with Crippen molar-refractivity contribution in [3.63, 3.8) is 0 Å². The second-order valence-corrected chi connectivity index (χ2v) is 9.23. The number of amides is 1. The van der Waals surface area contributed by atoms with Gasteiger partial charge in [0.15, 0.2) is 0 Å². The summed E-state index contributed by atoms with van der Waals surface area (Å²) in [5.41, 5.74) is 1.59. The van der Waals surface area contributed by atoms with Gasteiger partial charge in [0.05, 0.1) is 21.8 Å². The predicted molar refractivity (Wildman–Crippen MR) is 125 cm³/mol. The van der Waals surface area contributed by atoms with Crippen molar-refractivity contribution in [2.75, 3.05) is 51.2 Å². The number of carbonyl (C=O) groups is 1. The number of phenolic OH excluding ortho intramolecular Hbond substituents is 1. The lowest BCUT2D eigenvalue weighted by molar-refractivity contribution is -0.117. The van der Waals surface area contributed by atoms with E-state index in [1.54, 1.807) is 35.6 Å². The summed E-state index contributed by atoms with van der Waals surface area (Å²) in [7, 11) is 0. The van der Waals surface area contributed by atoms with Gasteiger partial charge in [0.25, 0.3) is 0 Å². The molecule has 1 aliphatic heterocycles. The number of hydrogen-bond acceptors (Lipinski definition) is 8. The third-order valence-corrected chi connectivity index (χ3v) is 6.31. The zero-order chi connectivity index (χ0) is 22.5. The van der Waals surface area contributed by atoms with Crippen molar-refractivity contribution >= 4 is 33.1 Å². The number of aryl methyl sites for hydroxylation is 1. The molecule has 0 spiro atoms. The number of rotatable bonds is 8. The molecule has 2 heterocycles. The summed E-state index contributed by atoms with van der Waals surface area (Å²) in [5, 5.41) is 23.6. The zero-order valence-electron chi connectivity index (χ0n) is 18.0. The number of aliphatic hydroxyl groups excluding tert-OH is 1. The molecule has 170 valence electrons. The highest BCUT2D eigenvalue weighted by atomic mass is 32.1. The van der Waals surface area contributed by atoms with Gasteiger partial charge in [0.2, 0.25) is 5.91 Å². The number of anilines is 1. The van der Waals surface area contributed by atoms with E-state index >= 15 is 0 Å². The number of fused-ring (bicyclic) bond motifs is 1. The van der Waals surface area contributed by atoms with Gasteiger partial charge in [-0.25, -0.2) is 4.98 Å². The van der Waals surface area contributed by atoms with Gasteiger partial charge in [-0.05, 0) is 43.3 Å². The fourth-order valence-corrected chi connectivity index (χ4v) is 4.54. The van der Waals surface area contributed by atoms with Crippen molar-refractivity contribution in [2.24, 2.45) is 0 Å². The van der Waals surface area contributed by atoms with Crippen molar-refractivity contribution in [3.05, 3.63) is 47.5 Å². The van der Waals surface area contributed by atoms with Gasteiger partial charge < -0.3 is 20.3 Å². The molecule has 1 saturated heterocycles. The maximum absolute atomic E-state index is 12.2. The summed E-state index contributed by atoms with van der Waals surface area (Å²) in [6, 6.07) is 12.2. The molecule has 1 fully saturated rings. The number of hydrogen-bond donors (Lipinski definition) is 3. The summed E-state index contributed by atoms with van der Waals surface area (Å²) >= 11 is 1.65. The molecule has 0 radical (unpaired) electrons. The maximum atomic E-state index is 12.2. The Labute approximate surface area is 191 Å². The van der Waals surface area contributed by atoms with E-state index in [0.717, 1.165) is 41.4 Å². The van der Waals surface area contributed by atoms with E-state index in [4.69, 9.17) is 4.74 Å². The van der Waals surface area contributed by atoms with Gasteiger partial charge in [-0.2, -0.15) is 0 Å². The molecule has 0 aliphatic carbocycles. The third-order valence-electron chi connectivity index (χ3n) is 5.36. The molecule has 1 unspecified atom stereocenters. The SMILES string of the molecule is Cc1nc2cc(OCC(O)CN3CCN(CC(=O)Nc4ccc(O)cc4)CC3)ccc2s1. The number of nitrogens with zero attached hydrogens (tertiary/aromatic N) is 3. The summed E-state index contributed by atoms with van der Waals surface area (Å²) in [5.74, 6) is 0.804. The first-order valence-electron chi connectivity index (χ1n) is 10.7. The molecule has 1 aliphatic rings. The highest BCUT2D eigenvalue weighted by Gasteiger charge is 2.21. The van der Waals surface area contributed by atoms with E-state index in [-0.39, 0.29) is 18.3 Å². The zero-order valence-corrected chi connectivity index (χ0v) is 18.8. The highest BCUT2D eigenvalue weighted by Crippen LogP contribution is 2.25. The second kappa shape index (κ2) is 10.3. The van der Waals surface area contributed by atoms with Gasteiger partial charge in [0.1, 0.15) is 24.2 Å². The summed E-state index contributed by atoms with van der Waals surface area (Å²) in [6.45, 7) is 6.15. The lowest BCUT2D eigenvalue weighted by Crippen LogP contribution is -2.50. The van der Waals surface area contributed by atoms with Crippen molar-refractivity contribution < 1.29 is 19.7 Å². The van der Waals surface area contributed by atoms with Crippen LogP contribution in [0.25, 0.3) is 10.2 Å². The monoisotopic (exact) mass is 456 g/mol. The fourth-order valence-electron chi connectivity index (χ4n) is 3.73. The number of aliphatic hydroxyl groups is 1. The van der Waals surface area contributed by atoms with Crippen LogP contribution in [0.3, 0.4) is 0 Å². The lowest BCUT2D eigenvalue weighted by Gasteiger charge is -2.35. The van der Waals surface area contributed by atoms with E-state index in [1.165, 1.54) is 0 Å². The number of benzene rings is 2. The van der Waals surface area contributed by atoms with Crippen LogP contribution in [0.2, 0.25) is 0 Å². The van der Waals surface area contributed by atoms with Crippen LogP contribution < -0.4 is 10.1 Å². The topological polar surface area (TPSA) is 98.2 Å². The Morgan fingerprint density at radius 1 is 1.16 bits per heavy atom. The third kappa shape index (κ3) is 6.17. The van der Waals surface area contributed by atoms with E-state index < -0.39 is 6.10 Å². The Balaban J connectivity index is 1.16. The molecule has 1 amide bonds. The van der Waals surface area contributed by atoms with Crippen molar-refractivity contribution in [1.29, 1.82) is 0 Å². The van der Waals surface area contributed by atoms with Gasteiger partial charge in [0, 0.05) is 44.5 Å². The molecule has 1 aromatic heterocycles. The van der Waals surface area contributed by atoms with Crippen LogP contribution in [0.1, 0.15) is 5.01 Å². The Hall–Kier alpha value is -2.72. The molecule has 9 heteroatoms. The first kappa shape index (κ1) is 22.5. The molecule has 2 aromatic carbocycles. The number of nitrogens with one attached hydrogen (secondary N) is 1. The average molecular weight is 457 g/mol.